The lowest BCUT2D eigenvalue weighted by atomic mass is 9.81. The van der Waals surface area contributed by atoms with Gasteiger partial charge in [0.2, 0.25) is 0 Å². The van der Waals surface area contributed by atoms with Gasteiger partial charge in [0.15, 0.2) is 11.5 Å². The van der Waals surface area contributed by atoms with Crippen LogP contribution in [-0.4, -0.2) is 20.7 Å². The molecule has 2 atom stereocenters. The van der Waals surface area contributed by atoms with E-state index in [0.29, 0.717) is 35.2 Å². The molecule has 2 bridgehead atoms. The van der Waals surface area contributed by atoms with Gasteiger partial charge in [-0.2, -0.15) is 18.3 Å². The number of fused-ring (bicyclic) bond motifs is 2. The number of aryl methyl sites for hydroxylation is 2. The Balaban J connectivity index is 1.86. The Hall–Kier alpha value is -2.57. The van der Waals surface area contributed by atoms with Crippen LogP contribution >= 0.6 is 0 Å². The summed E-state index contributed by atoms with van der Waals surface area (Å²) in [6, 6.07) is 6.27. The topological polar surface area (TPSA) is 55.1 Å². The Morgan fingerprint density at radius 1 is 1.21 bits per heavy atom. The molecule has 1 aromatic carbocycles. The van der Waals surface area contributed by atoms with Gasteiger partial charge in [0, 0.05) is 24.4 Å². The van der Waals surface area contributed by atoms with E-state index in [0.717, 1.165) is 24.5 Å². The Labute approximate surface area is 160 Å². The Morgan fingerprint density at radius 3 is 2.57 bits per heavy atom. The van der Waals surface area contributed by atoms with E-state index < -0.39 is 11.9 Å². The third-order valence-electron chi connectivity index (χ3n) is 5.92. The number of hydrogen-bond donors (Lipinski definition) is 1. The second-order valence-electron chi connectivity index (χ2n) is 7.59. The van der Waals surface area contributed by atoms with E-state index in [9.17, 15) is 23.1 Å². The number of carbonyl (C=O) groups excluding carboxylic acids is 1. The molecule has 1 saturated carbocycles. The molecule has 0 unspecified atom stereocenters. The molecule has 0 spiro atoms. The van der Waals surface area contributed by atoms with E-state index in [1.54, 1.807) is 12.1 Å². The Morgan fingerprint density at radius 2 is 1.93 bits per heavy atom. The van der Waals surface area contributed by atoms with Crippen LogP contribution in [0.5, 0.6) is 0 Å². The summed E-state index contributed by atoms with van der Waals surface area (Å²) in [4.78, 5) is 12.9. The molecule has 1 aromatic heterocycles. The first-order valence-corrected chi connectivity index (χ1v) is 9.43. The van der Waals surface area contributed by atoms with Gasteiger partial charge in [0.05, 0.1) is 11.3 Å². The number of aliphatic hydroxyl groups excluding tert-OH is 1. The number of Topliss-reactive ketones (excluding diaryl/α,β-unsaturated/α-hetero) is 1. The van der Waals surface area contributed by atoms with Crippen LogP contribution < -0.4 is 0 Å². The molecule has 1 N–H and O–H groups in total. The van der Waals surface area contributed by atoms with Gasteiger partial charge in [-0.25, -0.2) is 0 Å². The Kier molecular flexibility index (Phi) is 4.36. The first-order valence-electron chi connectivity index (χ1n) is 9.43. The van der Waals surface area contributed by atoms with Gasteiger partial charge in [-0.05, 0) is 48.9 Å². The normalized spacial score (nSPS) is 22.2. The highest BCUT2D eigenvalue weighted by atomic mass is 19.4. The van der Waals surface area contributed by atoms with Crippen LogP contribution in [0.25, 0.3) is 16.8 Å². The maximum atomic E-state index is 13.0. The zero-order chi connectivity index (χ0) is 20.2. The van der Waals surface area contributed by atoms with Crippen LogP contribution in [-0.2, 0) is 24.4 Å². The van der Waals surface area contributed by atoms with Crippen molar-refractivity contribution in [1.29, 1.82) is 0 Å². The highest BCUT2D eigenvalue weighted by Crippen LogP contribution is 2.46. The summed E-state index contributed by atoms with van der Waals surface area (Å²) in [7, 11) is 1.46. The molecular weight excluding hydrogens is 369 g/mol. The summed E-state index contributed by atoms with van der Waals surface area (Å²) in [6.45, 7) is 1.95. The van der Waals surface area contributed by atoms with Crippen LogP contribution in [0.4, 0.5) is 13.2 Å². The molecule has 4 rings (SSSR count). The highest BCUT2D eigenvalue weighted by molar-refractivity contribution is 6.23. The van der Waals surface area contributed by atoms with Crippen molar-refractivity contribution >= 4 is 11.4 Å². The SMILES string of the molecule is CCc1ccc(-c2cc(C(F)(F)F)nn2C)cc1C1=C(O)[C@@H]2CC[C@@H](C2)C1=O. The number of rotatable bonds is 3. The maximum absolute atomic E-state index is 13.0. The van der Waals surface area contributed by atoms with E-state index in [1.165, 1.54) is 11.7 Å². The monoisotopic (exact) mass is 390 g/mol. The summed E-state index contributed by atoms with van der Waals surface area (Å²) in [6.07, 6.45) is -1.62. The van der Waals surface area contributed by atoms with Crippen LogP contribution in [0.3, 0.4) is 0 Å². The van der Waals surface area contributed by atoms with Gasteiger partial charge in [-0.15, -0.1) is 0 Å². The second-order valence-corrected chi connectivity index (χ2v) is 7.59. The number of halogens is 3. The lowest BCUT2D eigenvalue weighted by Gasteiger charge is -2.23. The molecule has 2 aromatic rings. The molecule has 148 valence electrons. The van der Waals surface area contributed by atoms with E-state index in [2.05, 4.69) is 5.10 Å². The van der Waals surface area contributed by atoms with Crippen LogP contribution in [0.1, 0.15) is 43.0 Å². The molecule has 28 heavy (non-hydrogen) atoms. The molecule has 1 heterocycles. The third kappa shape index (κ3) is 2.93. The van der Waals surface area contributed by atoms with Gasteiger partial charge < -0.3 is 5.11 Å². The van der Waals surface area contributed by atoms with Crippen molar-refractivity contribution in [2.45, 2.75) is 38.8 Å². The number of aliphatic hydroxyl groups is 1. The lowest BCUT2D eigenvalue weighted by molar-refractivity contribution is -0.141. The van der Waals surface area contributed by atoms with Crippen molar-refractivity contribution in [3.63, 3.8) is 0 Å². The molecule has 2 aliphatic carbocycles. The predicted octanol–water partition coefficient (Wildman–Crippen LogP) is 4.94. The first-order chi connectivity index (χ1) is 13.2. The fraction of sp³-hybridized carbons (Fsp3) is 0.429. The van der Waals surface area contributed by atoms with Crippen LogP contribution in [0.15, 0.2) is 30.0 Å². The van der Waals surface area contributed by atoms with Crippen molar-refractivity contribution < 1.29 is 23.1 Å². The van der Waals surface area contributed by atoms with Crippen LogP contribution in [0.2, 0.25) is 0 Å². The largest absolute Gasteiger partial charge is 0.511 e. The molecule has 1 fully saturated rings. The van der Waals surface area contributed by atoms with Gasteiger partial charge in [0.1, 0.15) is 5.76 Å². The number of allylic oxidation sites excluding steroid dienone is 2. The predicted molar refractivity (Wildman–Crippen MR) is 98.4 cm³/mol. The zero-order valence-corrected chi connectivity index (χ0v) is 15.7. The van der Waals surface area contributed by atoms with Gasteiger partial charge in [-0.1, -0.05) is 19.1 Å². The molecule has 0 amide bonds. The van der Waals surface area contributed by atoms with Gasteiger partial charge in [0.25, 0.3) is 0 Å². The third-order valence-corrected chi connectivity index (χ3v) is 5.92. The minimum absolute atomic E-state index is 0.000373. The van der Waals surface area contributed by atoms with E-state index in [-0.39, 0.29) is 23.4 Å². The zero-order valence-electron chi connectivity index (χ0n) is 15.7. The number of alkyl halides is 3. The van der Waals surface area contributed by atoms with E-state index >= 15 is 0 Å². The van der Waals surface area contributed by atoms with Crippen molar-refractivity contribution in [3.8, 4) is 11.3 Å². The molecule has 0 saturated heterocycles. The van der Waals surface area contributed by atoms with Crippen molar-refractivity contribution in [2.75, 3.05) is 0 Å². The number of aromatic nitrogens is 2. The number of nitrogens with zero attached hydrogens (tertiary/aromatic N) is 2. The van der Waals surface area contributed by atoms with Crippen LogP contribution in [0, 0.1) is 11.8 Å². The lowest BCUT2D eigenvalue weighted by Crippen LogP contribution is -2.22. The molecule has 7 heteroatoms. The van der Waals surface area contributed by atoms with Gasteiger partial charge >= 0.3 is 6.18 Å². The standard InChI is InChI=1S/C21H21F3N2O2/c1-3-11-4-5-12(16-10-17(21(22,23)24)25-26(16)2)9-15(11)18-19(27)13-6-7-14(8-13)20(18)28/h4-5,9-10,13-14,27H,3,6-8H2,1-2H3/t13-,14+/m1/s1. The average molecular weight is 390 g/mol. The maximum Gasteiger partial charge on any atom is 0.435 e. The summed E-state index contributed by atoms with van der Waals surface area (Å²) in [5.41, 5.74) is 1.73. The summed E-state index contributed by atoms with van der Waals surface area (Å²) in [5, 5.41) is 14.3. The fourth-order valence-electron chi connectivity index (χ4n) is 4.43. The van der Waals surface area contributed by atoms with E-state index in [1.807, 2.05) is 13.0 Å². The molecular formula is C21H21F3N2O2. The minimum Gasteiger partial charge on any atom is -0.511 e. The Bertz CT molecular complexity index is 988. The number of ketones is 1. The minimum atomic E-state index is -4.53. The summed E-state index contributed by atoms with van der Waals surface area (Å²) in [5.74, 6) is 0.00284. The van der Waals surface area contributed by atoms with Crippen molar-refractivity contribution in [3.05, 3.63) is 46.8 Å². The number of carbonyl (C=O) groups is 1. The fourth-order valence-corrected chi connectivity index (χ4v) is 4.43. The van der Waals surface area contributed by atoms with Gasteiger partial charge in [-0.3, -0.25) is 9.48 Å². The smallest absolute Gasteiger partial charge is 0.435 e. The van der Waals surface area contributed by atoms with Crippen molar-refractivity contribution in [2.24, 2.45) is 18.9 Å². The molecule has 4 nitrogen and oxygen atoms in total. The summed E-state index contributed by atoms with van der Waals surface area (Å²) < 4.78 is 40.2. The first kappa shape index (κ1) is 18.8. The number of benzene rings is 1. The molecule has 0 radical (unpaired) electrons. The summed E-state index contributed by atoms with van der Waals surface area (Å²) >= 11 is 0. The quantitative estimate of drug-likeness (QED) is 0.808. The molecule has 0 aliphatic heterocycles. The molecule has 2 aliphatic rings. The number of hydrogen-bond acceptors (Lipinski definition) is 3. The highest BCUT2D eigenvalue weighted by Gasteiger charge is 2.41. The second kappa shape index (κ2) is 6.50. The average Bonchev–Trinajstić information content (AvgIpc) is 3.25. The van der Waals surface area contributed by atoms with E-state index in [4.69, 9.17) is 0 Å². The van der Waals surface area contributed by atoms with Crippen molar-refractivity contribution in [1.82, 2.24) is 9.78 Å².